The van der Waals surface area contributed by atoms with E-state index in [1.165, 1.54) is 6.33 Å². The Morgan fingerprint density at radius 1 is 1.32 bits per heavy atom. The summed E-state index contributed by atoms with van der Waals surface area (Å²) in [6.07, 6.45) is 1.83. The van der Waals surface area contributed by atoms with Gasteiger partial charge in [-0.1, -0.05) is 0 Å². The van der Waals surface area contributed by atoms with Gasteiger partial charge in [-0.3, -0.25) is 0 Å². The van der Waals surface area contributed by atoms with E-state index in [4.69, 9.17) is 25.1 Å². The fourth-order valence-corrected chi connectivity index (χ4v) is 6.09. The van der Waals surface area contributed by atoms with Crippen LogP contribution in [-0.4, -0.2) is 63.5 Å². The van der Waals surface area contributed by atoms with Crippen molar-refractivity contribution in [2.45, 2.75) is 70.7 Å². The molecular weight excluding hydrogens is 579 g/mol. The third kappa shape index (κ3) is 4.82. The molecule has 188 valence electrons. The molecule has 2 aromatic rings. The summed E-state index contributed by atoms with van der Waals surface area (Å²) in [6.45, 7) is 8.33. The summed E-state index contributed by atoms with van der Waals surface area (Å²) in [6, 6.07) is -0.252. The van der Waals surface area contributed by atoms with Crippen molar-refractivity contribution >= 4 is 55.7 Å². The molecule has 12 nitrogen and oxygen atoms in total. The summed E-state index contributed by atoms with van der Waals surface area (Å²) < 4.78 is 45.8. The number of carbonyl (C=O) groups is 1. The molecule has 0 aromatic carbocycles. The SMILES string of the molecule is CC(C)(C)OC(=O)N(C[C@H]1C[C@@H](n2cc(I)c3c(N)ncnc32)[C@@H]2OC(C)(C)O[C@H]12)S(N)(=O)=O. The van der Waals surface area contributed by atoms with Crippen LogP contribution in [0.2, 0.25) is 0 Å². The van der Waals surface area contributed by atoms with E-state index in [1.807, 2.05) is 10.8 Å². The van der Waals surface area contributed by atoms with Crippen molar-refractivity contribution < 1.29 is 27.4 Å². The van der Waals surface area contributed by atoms with Crippen LogP contribution in [0.15, 0.2) is 12.5 Å². The Labute approximate surface area is 211 Å². The highest BCUT2D eigenvalue weighted by Crippen LogP contribution is 2.48. The van der Waals surface area contributed by atoms with E-state index in [9.17, 15) is 13.2 Å². The second-order valence-electron chi connectivity index (χ2n) is 10.0. The first kappa shape index (κ1) is 25.3. The van der Waals surface area contributed by atoms with Gasteiger partial charge in [-0.15, -0.1) is 0 Å². The highest BCUT2D eigenvalue weighted by molar-refractivity contribution is 14.1. The van der Waals surface area contributed by atoms with Gasteiger partial charge in [0.15, 0.2) is 5.79 Å². The number of carbonyl (C=O) groups excluding carboxylic acids is 1. The highest BCUT2D eigenvalue weighted by Gasteiger charge is 2.56. The monoisotopic (exact) mass is 608 g/mol. The lowest BCUT2D eigenvalue weighted by Crippen LogP contribution is -2.47. The van der Waals surface area contributed by atoms with E-state index in [-0.39, 0.29) is 12.6 Å². The molecule has 14 heteroatoms. The van der Waals surface area contributed by atoms with Crippen molar-refractivity contribution in [3.05, 3.63) is 16.1 Å². The molecule has 4 N–H and O–H groups in total. The van der Waals surface area contributed by atoms with Crippen molar-refractivity contribution in [2.24, 2.45) is 11.1 Å². The van der Waals surface area contributed by atoms with Crippen molar-refractivity contribution in [3.8, 4) is 0 Å². The van der Waals surface area contributed by atoms with Crippen LogP contribution in [0.1, 0.15) is 47.1 Å². The number of hydrogen-bond donors (Lipinski definition) is 2. The molecule has 1 aliphatic carbocycles. The number of ether oxygens (including phenoxy) is 3. The standard InChI is InChI=1S/C20H29IN6O6S/c1-19(2,3)33-18(28)27(34(23,29)30)7-10-6-12(15-14(10)31-20(4,5)32-15)26-8-11(21)13-16(22)24-9-25-17(13)26/h8-10,12,14-15H,6-7H2,1-5H3,(H2,22,24,25)(H2,23,29,30)/t10-,12-,14-,15+/m1/s1. The fourth-order valence-electron chi connectivity index (χ4n) is 4.63. The van der Waals surface area contributed by atoms with Gasteiger partial charge < -0.3 is 24.5 Å². The van der Waals surface area contributed by atoms with Gasteiger partial charge in [0, 0.05) is 22.2 Å². The van der Waals surface area contributed by atoms with Gasteiger partial charge >= 0.3 is 16.3 Å². The molecule has 1 saturated carbocycles. The van der Waals surface area contributed by atoms with Gasteiger partial charge in [0.25, 0.3) is 0 Å². The maximum absolute atomic E-state index is 12.7. The van der Waals surface area contributed by atoms with Crippen LogP contribution >= 0.6 is 22.6 Å². The Morgan fingerprint density at radius 2 is 1.97 bits per heavy atom. The van der Waals surface area contributed by atoms with Crippen molar-refractivity contribution in [1.29, 1.82) is 0 Å². The summed E-state index contributed by atoms with van der Waals surface area (Å²) in [4.78, 5) is 21.2. The average Bonchev–Trinajstić information content (AvgIpc) is 3.26. The zero-order valence-corrected chi connectivity index (χ0v) is 22.5. The lowest BCUT2D eigenvalue weighted by atomic mass is 10.1. The van der Waals surface area contributed by atoms with Crippen molar-refractivity contribution in [3.63, 3.8) is 0 Å². The molecule has 4 rings (SSSR count). The molecule has 1 amide bonds. The first-order valence-electron chi connectivity index (χ1n) is 10.7. The molecule has 2 aromatic heterocycles. The quantitative estimate of drug-likeness (QED) is 0.495. The lowest BCUT2D eigenvalue weighted by molar-refractivity contribution is -0.160. The van der Waals surface area contributed by atoms with Crippen molar-refractivity contribution in [1.82, 2.24) is 18.8 Å². The normalized spacial score (nSPS) is 26.6. The predicted octanol–water partition coefficient (Wildman–Crippen LogP) is 2.14. The Balaban J connectivity index is 1.70. The predicted molar refractivity (Wildman–Crippen MR) is 132 cm³/mol. The topological polar surface area (TPSA) is 165 Å². The lowest BCUT2D eigenvalue weighted by Gasteiger charge is -2.29. The molecule has 0 spiro atoms. The zero-order chi connectivity index (χ0) is 25.2. The van der Waals surface area contributed by atoms with E-state index in [0.29, 0.717) is 22.2 Å². The van der Waals surface area contributed by atoms with E-state index in [1.54, 1.807) is 34.6 Å². The highest BCUT2D eigenvalue weighted by atomic mass is 127. The number of rotatable bonds is 4. The van der Waals surface area contributed by atoms with Gasteiger partial charge in [-0.25, -0.2) is 19.9 Å². The maximum atomic E-state index is 12.7. The van der Waals surface area contributed by atoms with Crippen LogP contribution in [0, 0.1) is 9.49 Å². The van der Waals surface area contributed by atoms with Crippen LogP contribution in [0.25, 0.3) is 11.0 Å². The van der Waals surface area contributed by atoms with Crippen LogP contribution in [0.3, 0.4) is 0 Å². The van der Waals surface area contributed by atoms with E-state index in [0.717, 1.165) is 8.96 Å². The van der Waals surface area contributed by atoms with Gasteiger partial charge in [-0.05, 0) is 63.6 Å². The van der Waals surface area contributed by atoms with Gasteiger partial charge in [0.05, 0.1) is 17.5 Å². The van der Waals surface area contributed by atoms with E-state index < -0.39 is 45.8 Å². The molecule has 4 atom stereocenters. The summed E-state index contributed by atoms with van der Waals surface area (Å²) in [7, 11) is -4.38. The average molecular weight is 608 g/mol. The number of aromatic nitrogens is 3. The van der Waals surface area contributed by atoms with E-state index in [2.05, 4.69) is 32.6 Å². The molecule has 1 saturated heterocycles. The van der Waals surface area contributed by atoms with Crippen LogP contribution < -0.4 is 10.9 Å². The Bertz CT molecular complexity index is 1230. The molecule has 34 heavy (non-hydrogen) atoms. The van der Waals surface area contributed by atoms with Gasteiger partial charge in [-0.2, -0.15) is 12.7 Å². The third-order valence-electron chi connectivity index (χ3n) is 5.81. The number of halogens is 1. The first-order chi connectivity index (χ1) is 15.6. The molecule has 0 bridgehead atoms. The summed E-state index contributed by atoms with van der Waals surface area (Å²) >= 11 is 2.18. The molecule has 0 unspecified atom stereocenters. The second-order valence-corrected chi connectivity index (χ2v) is 12.7. The number of hydrogen-bond acceptors (Lipinski definition) is 9. The van der Waals surface area contributed by atoms with Crippen LogP contribution in [0.4, 0.5) is 10.6 Å². The number of anilines is 1. The maximum Gasteiger partial charge on any atom is 0.425 e. The largest absolute Gasteiger partial charge is 0.443 e. The number of nitrogens with zero attached hydrogens (tertiary/aromatic N) is 4. The zero-order valence-electron chi connectivity index (χ0n) is 19.6. The Kier molecular flexibility index (Phi) is 6.28. The van der Waals surface area contributed by atoms with Crippen LogP contribution in [-0.2, 0) is 24.4 Å². The van der Waals surface area contributed by atoms with Crippen LogP contribution in [0.5, 0.6) is 0 Å². The summed E-state index contributed by atoms with van der Waals surface area (Å²) in [5, 5.41) is 6.13. The smallest absolute Gasteiger partial charge is 0.425 e. The second kappa shape index (κ2) is 8.43. The van der Waals surface area contributed by atoms with Crippen molar-refractivity contribution in [2.75, 3.05) is 12.3 Å². The Hall–Kier alpha value is -1.75. The molecule has 0 radical (unpaired) electrons. The molecule has 1 aliphatic heterocycles. The summed E-state index contributed by atoms with van der Waals surface area (Å²) in [5.74, 6) is -0.931. The number of fused-ring (bicyclic) bond motifs is 2. The number of nitrogen functional groups attached to an aromatic ring is 1. The van der Waals surface area contributed by atoms with Gasteiger partial charge in [0.2, 0.25) is 0 Å². The minimum absolute atomic E-state index is 0.210. The van der Waals surface area contributed by atoms with Gasteiger partial charge in [0.1, 0.15) is 29.5 Å². The van der Waals surface area contributed by atoms with E-state index >= 15 is 0 Å². The number of amides is 1. The first-order valence-corrected chi connectivity index (χ1v) is 13.3. The third-order valence-corrected chi connectivity index (χ3v) is 7.54. The molecule has 2 aliphatic rings. The molecule has 3 heterocycles. The molecular formula is C20H29IN6O6S. The number of nitrogens with two attached hydrogens (primary N) is 2. The minimum Gasteiger partial charge on any atom is -0.443 e. The molecule has 2 fully saturated rings. The Morgan fingerprint density at radius 3 is 2.59 bits per heavy atom. The fraction of sp³-hybridized carbons (Fsp3) is 0.650. The minimum atomic E-state index is -4.38. The summed E-state index contributed by atoms with van der Waals surface area (Å²) in [5.41, 5.74) is 5.83.